The van der Waals surface area contributed by atoms with E-state index in [0.717, 1.165) is 5.39 Å². The second-order valence-corrected chi connectivity index (χ2v) is 2.72. The standard InChI is InChI=1S/C9H10N4O/c1-2-14-9-12-7-5-11-4-3-6(7)8(10)13-9/h3-5H,2H2,1H3,(H2,10,12,13). The van der Waals surface area contributed by atoms with Gasteiger partial charge >= 0.3 is 6.01 Å². The monoisotopic (exact) mass is 190 g/mol. The van der Waals surface area contributed by atoms with Crippen LogP contribution in [0, 0.1) is 0 Å². The first-order valence-corrected chi connectivity index (χ1v) is 4.31. The van der Waals surface area contributed by atoms with E-state index in [-0.39, 0.29) is 0 Å². The summed E-state index contributed by atoms with van der Waals surface area (Å²) >= 11 is 0. The number of nitrogens with two attached hydrogens (primary N) is 1. The molecule has 0 aliphatic rings. The summed E-state index contributed by atoms with van der Waals surface area (Å²) in [5, 5.41) is 0.795. The molecular formula is C9H10N4O. The summed E-state index contributed by atoms with van der Waals surface area (Å²) in [5.41, 5.74) is 6.43. The maximum absolute atomic E-state index is 5.73. The number of nitrogen functional groups attached to an aromatic ring is 1. The van der Waals surface area contributed by atoms with E-state index in [9.17, 15) is 0 Å². The third-order valence-electron chi connectivity index (χ3n) is 1.78. The van der Waals surface area contributed by atoms with Crippen molar-refractivity contribution < 1.29 is 4.74 Å². The van der Waals surface area contributed by atoms with Crippen LogP contribution in [0.5, 0.6) is 6.01 Å². The van der Waals surface area contributed by atoms with Crippen LogP contribution in [0.3, 0.4) is 0 Å². The van der Waals surface area contributed by atoms with Crippen LogP contribution in [-0.4, -0.2) is 21.6 Å². The predicted octanol–water partition coefficient (Wildman–Crippen LogP) is 1.01. The van der Waals surface area contributed by atoms with Crippen molar-refractivity contribution >= 4 is 16.7 Å². The molecule has 14 heavy (non-hydrogen) atoms. The van der Waals surface area contributed by atoms with Crippen LogP contribution in [0.4, 0.5) is 5.82 Å². The molecule has 2 rings (SSSR count). The average Bonchev–Trinajstić information content (AvgIpc) is 2.18. The lowest BCUT2D eigenvalue weighted by molar-refractivity contribution is 0.314. The van der Waals surface area contributed by atoms with Crippen molar-refractivity contribution in [3.63, 3.8) is 0 Å². The van der Waals surface area contributed by atoms with Gasteiger partial charge in [0, 0.05) is 11.6 Å². The fourth-order valence-corrected chi connectivity index (χ4v) is 1.18. The summed E-state index contributed by atoms with van der Waals surface area (Å²) < 4.78 is 5.16. The zero-order valence-electron chi connectivity index (χ0n) is 7.77. The molecule has 0 amide bonds. The van der Waals surface area contributed by atoms with E-state index in [1.165, 1.54) is 0 Å². The Morgan fingerprint density at radius 3 is 3.07 bits per heavy atom. The van der Waals surface area contributed by atoms with Gasteiger partial charge in [0.05, 0.1) is 18.3 Å². The van der Waals surface area contributed by atoms with Crippen LogP contribution in [-0.2, 0) is 0 Å². The maximum atomic E-state index is 5.73. The lowest BCUT2D eigenvalue weighted by Crippen LogP contribution is -2.01. The minimum absolute atomic E-state index is 0.297. The number of aromatic nitrogens is 3. The number of fused-ring (bicyclic) bond motifs is 1. The number of pyridine rings is 1. The van der Waals surface area contributed by atoms with Gasteiger partial charge in [-0.3, -0.25) is 4.98 Å². The van der Waals surface area contributed by atoms with E-state index in [2.05, 4.69) is 15.0 Å². The molecule has 0 spiro atoms. The molecule has 2 heterocycles. The molecule has 0 aliphatic carbocycles. The summed E-state index contributed by atoms with van der Waals surface area (Å²) in [6.45, 7) is 2.39. The summed E-state index contributed by atoms with van der Waals surface area (Å²) in [5.74, 6) is 0.417. The van der Waals surface area contributed by atoms with Crippen molar-refractivity contribution in [2.45, 2.75) is 6.92 Å². The molecule has 5 nitrogen and oxygen atoms in total. The number of hydrogen-bond acceptors (Lipinski definition) is 5. The highest BCUT2D eigenvalue weighted by molar-refractivity contribution is 5.87. The van der Waals surface area contributed by atoms with Gasteiger partial charge in [0.15, 0.2) is 0 Å². The number of ether oxygens (including phenoxy) is 1. The molecule has 0 unspecified atom stereocenters. The Bertz CT molecular complexity index is 458. The number of rotatable bonds is 2. The summed E-state index contributed by atoms with van der Waals surface area (Å²) in [7, 11) is 0. The van der Waals surface area contributed by atoms with Gasteiger partial charge in [0.1, 0.15) is 5.82 Å². The Morgan fingerprint density at radius 1 is 1.43 bits per heavy atom. The fraction of sp³-hybridized carbons (Fsp3) is 0.222. The highest BCUT2D eigenvalue weighted by Crippen LogP contribution is 2.18. The van der Waals surface area contributed by atoms with E-state index in [4.69, 9.17) is 10.5 Å². The first-order valence-electron chi connectivity index (χ1n) is 4.31. The quantitative estimate of drug-likeness (QED) is 0.764. The molecule has 0 radical (unpaired) electrons. The van der Waals surface area contributed by atoms with Gasteiger partial charge in [-0.25, -0.2) is 0 Å². The maximum Gasteiger partial charge on any atom is 0.318 e. The van der Waals surface area contributed by atoms with E-state index in [1.807, 2.05) is 6.92 Å². The zero-order chi connectivity index (χ0) is 9.97. The van der Waals surface area contributed by atoms with Crippen LogP contribution in [0.2, 0.25) is 0 Å². The van der Waals surface area contributed by atoms with Crippen LogP contribution < -0.4 is 10.5 Å². The topological polar surface area (TPSA) is 73.9 Å². The molecule has 2 aromatic heterocycles. The van der Waals surface area contributed by atoms with E-state index in [0.29, 0.717) is 24.0 Å². The Kier molecular flexibility index (Phi) is 2.14. The van der Waals surface area contributed by atoms with Gasteiger partial charge in [-0.15, -0.1) is 0 Å². The summed E-state index contributed by atoms with van der Waals surface area (Å²) in [6.07, 6.45) is 3.29. The molecule has 0 bridgehead atoms. The van der Waals surface area contributed by atoms with Crippen LogP contribution in [0.25, 0.3) is 10.9 Å². The number of anilines is 1. The van der Waals surface area contributed by atoms with Crippen molar-refractivity contribution in [2.75, 3.05) is 12.3 Å². The van der Waals surface area contributed by atoms with E-state index >= 15 is 0 Å². The van der Waals surface area contributed by atoms with Gasteiger partial charge in [-0.2, -0.15) is 9.97 Å². The fourth-order valence-electron chi connectivity index (χ4n) is 1.18. The second-order valence-electron chi connectivity index (χ2n) is 2.72. The molecule has 72 valence electrons. The normalized spacial score (nSPS) is 10.4. The predicted molar refractivity (Wildman–Crippen MR) is 52.9 cm³/mol. The molecule has 2 N–H and O–H groups in total. The Morgan fingerprint density at radius 2 is 2.29 bits per heavy atom. The summed E-state index contributed by atoms with van der Waals surface area (Å²) in [6, 6.07) is 2.07. The highest BCUT2D eigenvalue weighted by atomic mass is 16.5. The number of hydrogen-bond donors (Lipinski definition) is 1. The van der Waals surface area contributed by atoms with Crippen molar-refractivity contribution in [3.05, 3.63) is 18.5 Å². The van der Waals surface area contributed by atoms with Crippen LogP contribution >= 0.6 is 0 Å². The zero-order valence-corrected chi connectivity index (χ0v) is 7.77. The SMILES string of the molecule is CCOc1nc(N)c2ccncc2n1. The Labute approximate surface area is 81.0 Å². The molecule has 5 heteroatoms. The van der Waals surface area contributed by atoms with Crippen LogP contribution in [0.1, 0.15) is 6.92 Å². The largest absolute Gasteiger partial charge is 0.464 e. The van der Waals surface area contributed by atoms with Gasteiger partial charge in [-0.05, 0) is 13.0 Å². The molecule has 0 saturated heterocycles. The minimum atomic E-state index is 0.297. The Hall–Kier alpha value is -1.91. The van der Waals surface area contributed by atoms with Crippen molar-refractivity contribution in [2.24, 2.45) is 0 Å². The molecule has 0 aliphatic heterocycles. The van der Waals surface area contributed by atoms with Gasteiger partial charge in [0.25, 0.3) is 0 Å². The lowest BCUT2D eigenvalue weighted by atomic mass is 10.3. The van der Waals surface area contributed by atoms with Crippen molar-refractivity contribution in [1.82, 2.24) is 15.0 Å². The molecular weight excluding hydrogens is 180 g/mol. The Balaban J connectivity index is 2.60. The molecule has 0 aromatic carbocycles. The molecule has 2 aromatic rings. The first-order chi connectivity index (χ1) is 6.81. The van der Waals surface area contributed by atoms with E-state index < -0.39 is 0 Å². The smallest absolute Gasteiger partial charge is 0.318 e. The van der Waals surface area contributed by atoms with Gasteiger partial charge in [0.2, 0.25) is 0 Å². The van der Waals surface area contributed by atoms with Gasteiger partial charge in [-0.1, -0.05) is 0 Å². The summed E-state index contributed by atoms with van der Waals surface area (Å²) in [4.78, 5) is 12.1. The minimum Gasteiger partial charge on any atom is -0.464 e. The van der Waals surface area contributed by atoms with Crippen molar-refractivity contribution in [1.29, 1.82) is 0 Å². The average molecular weight is 190 g/mol. The van der Waals surface area contributed by atoms with Crippen molar-refractivity contribution in [3.8, 4) is 6.01 Å². The second kappa shape index (κ2) is 3.45. The number of nitrogens with zero attached hydrogens (tertiary/aromatic N) is 3. The third-order valence-corrected chi connectivity index (χ3v) is 1.78. The van der Waals surface area contributed by atoms with E-state index in [1.54, 1.807) is 18.5 Å². The van der Waals surface area contributed by atoms with Gasteiger partial charge < -0.3 is 10.5 Å². The van der Waals surface area contributed by atoms with Crippen LogP contribution in [0.15, 0.2) is 18.5 Å². The molecule has 0 fully saturated rings. The lowest BCUT2D eigenvalue weighted by Gasteiger charge is -2.04. The molecule has 0 atom stereocenters. The highest BCUT2D eigenvalue weighted by Gasteiger charge is 2.04. The third kappa shape index (κ3) is 1.44. The molecule has 0 saturated carbocycles. The first kappa shape index (κ1) is 8.68.